The quantitative estimate of drug-likeness (QED) is 0.890. The van der Waals surface area contributed by atoms with Gasteiger partial charge in [-0.1, -0.05) is 12.1 Å². The van der Waals surface area contributed by atoms with Crippen molar-refractivity contribution in [1.82, 2.24) is 15.1 Å². The number of hydrogen-bond donors (Lipinski definition) is 1. The molecule has 0 aromatic heterocycles. The van der Waals surface area contributed by atoms with E-state index in [9.17, 15) is 14.0 Å². The van der Waals surface area contributed by atoms with Crippen LogP contribution in [0, 0.1) is 5.82 Å². The molecule has 6 heteroatoms. The van der Waals surface area contributed by atoms with Crippen molar-refractivity contribution in [1.29, 1.82) is 0 Å². The first-order chi connectivity index (χ1) is 12.1. The van der Waals surface area contributed by atoms with E-state index in [1.807, 2.05) is 9.80 Å². The lowest BCUT2D eigenvalue weighted by Gasteiger charge is -2.36. The smallest absolute Gasteiger partial charge is 0.317 e. The molecule has 2 heterocycles. The molecule has 1 atom stereocenters. The van der Waals surface area contributed by atoms with Crippen molar-refractivity contribution in [2.24, 2.45) is 0 Å². The van der Waals surface area contributed by atoms with Crippen molar-refractivity contribution in [2.45, 2.75) is 51.1 Å². The van der Waals surface area contributed by atoms with E-state index in [0.717, 1.165) is 57.3 Å². The Morgan fingerprint density at radius 1 is 1.24 bits per heavy atom. The maximum Gasteiger partial charge on any atom is 0.317 e. The van der Waals surface area contributed by atoms with Crippen LogP contribution in [0.25, 0.3) is 0 Å². The summed E-state index contributed by atoms with van der Waals surface area (Å²) in [7, 11) is 0. The SMILES string of the molecule is O=C1CCCN1CCC1CCCCN1C(=O)NCc1cccc(F)c1. The molecule has 1 N–H and O–H groups in total. The molecule has 0 spiro atoms. The number of rotatable bonds is 5. The van der Waals surface area contributed by atoms with Crippen LogP contribution < -0.4 is 5.32 Å². The fraction of sp³-hybridized carbons (Fsp3) is 0.579. The summed E-state index contributed by atoms with van der Waals surface area (Å²) >= 11 is 0. The largest absolute Gasteiger partial charge is 0.343 e. The maximum atomic E-state index is 13.2. The molecule has 1 aromatic rings. The third kappa shape index (κ3) is 4.71. The van der Waals surface area contributed by atoms with Crippen molar-refractivity contribution in [2.75, 3.05) is 19.6 Å². The van der Waals surface area contributed by atoms with Gasteiger partial charge in [-0.2, -0.15) is 0 Å². The van der Waals surface area contributed by atoms with Gasteiger partial charge in [0.25, 0.3) is 0 Å². The van der Waals surface area contributed by atoms with Crippen LogP contribution in [0.1, 0.15) is 44.1 Å². The summed E-state index contributed by atoms with van der Waals surface area (Å²) in [5.41, 5.74) is 0.754. The summed E-state index contributed by atoms with van der Waals surface area (Å²) in [6.07, 6.45) is 5.54. The predicted molar refractivity (Wildman–Crippen MR) is 93.4 cm³/mol. The zero-order chi connectivity index (χ0) is 17.6. The molecular formula is C19H26FN3O2. The van der Waals surface area contributed by atoms with E-state index in [1.54, 1.807) is 12.1 Å². The van der Waals surface area contributed by atoms with Gasteiger partial charge >= 0.3 is 6.03 Å². The van der Waals surface area contributed by atoms with Crippen LogP contribution in [-0.2, 0) is 11.3 Å². The highest BCUT2D eigenvalue weighted by atomic mass is 19.1. The first-order valence-electron chi connectivity index (χ1n) is 9.20. The lowest BCUT2D eigenvalue weighted by atomic mass is 9.99. The molecule has 0 radical (unpaired) electrons. The first kappa shape index (κ1) is 17.7. The van der Waals surface area contributed by atoms with E-state index in [2.05, 4.69) is 5.32 Å². The minimum absolute atomic E-state index is 0.0956. The Balaban J connectivity index is 1.52. The normalized spacial score (nSPS) is 20.8. The van der Waals surface area contributed by atoms with Crippen LogP contribution in [0.4, 0.5) is 9.18 Å². The second-order valence-electron chi connectivity index (χ2n) is 6.90. The van der Waals surface area contributed by atoms with Crippen LogP contribution >= 0.6 is 0 Å². The minimum Gasteiger partial charge on any atom is -0.343 e. The average Bonchev–Trinajstić information content (AvgIpc) is 3.03. The number of benzene rings is 1. The minimum atomic E-state index is -0.294. The second-order valence-corrected chi connectivity index (χ2v) is 6.90. The summed E-state index contributed by atoms with van der Waals surface area (Å²) < 4.78 is 13.2. The summed E-state index contributed by atoms with van der Waals surface area (Å²) in [4.78, 5) is 28.1. The Bertz CT molecular complexity index is 622. The number of amides is 3. The van der Waals surface area contributed by atoms with Gasteiger partial charge < -0.3 is 15.1 Å². The van der Waals surface area contributed by atoms with Gasteiger partial charge in [0, 0.05) is 38.6 Å². The fourth-order valence-electron chi connectivity index (χ4n) is 3.74. The van der Waals surface area contributed by atoms with Crippen molar-refractivity contribution < 1.29 is 14.0 Å². The molecule has 0 aliphatic carbocycles. The van der Waals surface area contributed by atoms with Crippen LogP contribution in [0.15, 0.2) is 24.3 Å². The first-order valence-corrected chi connectivity index (χ1v) is 9.20. The highest BCUT2D eigenvalue weighted by Crippen LogP contribution is 2.21. The molecule has 2 saturated heterocycles. The number of halogens is 1. The van der Waals surface area contributed by atoms with Gasteiger partial charge in [0.2, 0.25) is 5.91 Å². The lowest BCUT2D eigenvalue weighted by molar-refractivity contribution is -0.127. The maximum absolute atomic E-state index is 13.2. The van der Waals surface area contributed by atoms with Crippen molar-refractivity contribution >= 4 is 11.9 Å². The standard InChI is InChI=1S/C19H26FN3O2/c20-16-6-3-5-15(13-16)14-21-19(25)23-11-2-1-7-17(23)9-12-22-10-4-8-18(22)24/h3,5-6,13,17H,1-2,4,7-12,14H2,(H,21,25). The van der Waals surface area contributed by atoms with Gasteiger partial charge in [-0.25, -0.2) is 9.18 Å². The zero-order valence-electron chi connectivity index (χ0n) is 14.5. The zero-order valence-corrected chi connectivity index (χ0v) is 14.5. The van der Waals surface area contributed by atoms with Crippen LogP contribution in [-0.4, -0.2) is 47.4 Å². The van der Waals surface area contributed by atoms with Crippen molar-refractivity contribution in [3.05, 3.63) is 35.6 Å². The molecule has 2 aliphatic rings. The fourth-order valence-corrected chi connectivity index (χ4v) is 3.74. The Hall–Kier alpha value is -2.11. The van der Waals surface area contributed by atoms with Gasteiger partial charge in [-0.05, 0) is 49.8 Å². The van der Waals surface area contributed by atoms with Gasteiger partial charge in [-0.3, -0.25) is 4.79 Å². The van der Waals surface area contributed by atoms with Crippen LogP contribution in [0.2, 0.25) is 0 Å². The Kier molecular flexibility index (Phi) is 5.89. The third-order valence-electron chi connectivity index (χ3n) is 5.12. The average molecular weight is 347 g/mol. The summed E-state index contributed by atoms with van der Waals surface area (Å²) in [5.74, 6) is -0.0595. The molecule has 1 aromatic carbocycles. The number of carbonyl (C=O) groups excluding carboxylic acids is 2. The molecule has 3 amide bonds. The number of nitrogens with zero attached hydrogens (tertiary/aromatic N) is 2. The van der Waals surface area contributed by atoms with Crippen LogP contribution in [0.3, 0.4) is 0 Å². The molecule has 25 heavy (non-hydrogen) atoms. The van der Waals surface area contributed by atoms with Crippen molar-refractivity contribution in [3.63, 3.8) is 0 Å². The Labute approximate surface area is 148 Å². The Morgan fingerprint density at radius 2 is 2.12 bits per heavy atom. The summed E-state index contributed by atoms with van der Waals surface area (Å²) in [6, 6.07) is 6.36. The number of urea groups is 1. The monoisotopic (exact) mass is 347 g/mol. The highest BCUT2D eigenvalue weighted by molar-refractivity contribution is 5.78. The molecule has 5 nitrogen and oxygen atoms in total. The number of likely N-dealkylation sites (tertiary alicyclic amines) is 2. The second kappa shape index (κ2) is 8.32. The third-order valence-corrected chi connectivity index (χ3v) is 5.12. The number of hydrogen-bond acceptors (Lipinski definition) is 2. The molecule has 3 rings (SSSR count). The van der Waals surface area contributed by atoms with Gasteiger partial charge in [0.15, 0.2) is 0 Å². The van der Waals surface area contributed by atoms with E-state index in [0.29, 0.717) is 13.0 Å². The lowest BCUT2D eigenvalue weighted by Crippen LogP contribution is -2.49. The molecule has 2 aliphatic heterocycles. The van der Waals surface area contributed by atoms with E-state index < -0.39 is 0 Å². The summed E-state index contributed by atoms with van der Waals surface area (Å²) in [5, 5.41) is 2.90. The predicted octanol–water partition coefficient (Wildman–Crippen LogP) is 2.90. The molecule has 136 valence electrons. The van der Waals surface area contributed by atoms with E-state index in [1.165, 1.54) is 12.1 Å². The molecule has 1 unspecified atom stereocenters. The van der Waals surface area contributed by atoms with E-state index in [4.69, 9.17) is 0 Å². The van der Waals surface area contributed by atoms with E-state index in [-0.39, 0.29) is 23.8 Å². The molecule has 2 fully saturated rings. The molecule has 0 saturated carbocycles. The number of carbonyl (C=O) groups is 2. The molecular weight excluding hydrogens is 321 g/mol. The van der Waals surface area contributed by atoms with E-state index >= 15 is 0 Å². The number of nitrogens with one attached hydrogen (secondary N) is 1. The van der Waals surface area contributed by atoms with Gasteiger partial charge in [-0.15, -0.1) is 0 Å². The van der Waals surface area contributed by atoms with Crippen LogP contribution in [0.5, 0.6) is 0 Å². The number of piperidine rings is 1. The topological polar surface area (TPSA) is 52.7 Å². The Morgan fingerprint density at radius 3 is 2.88 bits per heavy atom. The highest BCUT2D eigenvalue weighted by Gasteiger charge is 2.28. The molecule has 0 bridgehead atoms. The van der Waals surface area contributed by atoms with Gasteiger partial charge in [0.1, 0.15) is 5.82 Å². The summed E-state index contributed by atoms with van der Waals surface area (Å²) in [6.45, 7) is 2.65. The van der Waals surface area contributed by atoms with Crippen molar-refractivity contribution in [3.8, 4) is 0 Å². The van der Waals surface area contributed by atoms with Gasteiger partial charge in [0.05, 0.1) is 0 Å².